The number of benzene rings is 2. The molecule has 0 spiro atoms. The van der Waals surface area contributed by atoms with E-state index in [0.29, 0.717) is 5.02 Å². The van der Waals surface area contributed by atoms with E-state index in [9.17, 15) is 4.39 Å². The molecule has 1 unspecified atom stereocenters. The van der Waals surface area contributed by atoms with Crippen LogP contribution in [-0.2, 0) is 0 Å². The van der Waals surface area contributed by atoms with Crippen LogP contribution in [0.15, 0.2) is 40.9 Å². The fraction of sp³-hybridized carbons (Fsp3) is 0.200. The van der Waals surface area contributed by atoms with Crippen LogP contribution in [0.2, 0.25) is 5.02 Å². The van der Waals surface area contributed by atoms with Gasteiger partial charge in [-0.1, -0.05) is 33.6 Å². The van der Waals surface area contributed by atoms with Gasteiger partial charge in [-0.2, -0.15) is 0 Å². The molecule has 2 aromatic carbocycles. The first kappa shape index (κ1) is 14.5. The van der Waals surface area contributed by atoms with Gasteiger partial charge in [0.1, 0.15) is 5.82 Å². The van der Waals surface area contributed by atoms with Gasteiger partial charge >= 0.3 is 0 Å². The molecule has 0 radical (unpaired) electrons. The summed E-state index contributed by atoms with van der Waals surface area (Å²) >= 11 is 9.70. The van der Waals surface area contributed by atoms with Crippen LogP contribution in [0, 0.1) is 12.7 Å². The number of halogens is 3. The first-order chi connectivity index (χ1) is 9.02. The molecular weight excluding hydrogens is 329 g/mol. The second-order valence-electron chi connectivity index (χ2n) is 4.39. The summed E-state index contributed by atoms with van der Waals surface area (Å²) in [6, 6.07) is 10.3. The molecule has 0 heterocycles. The quantitative estimate of drug-likeness (QED) is 0.840. The molecule has 2 aromatic rings. The Balaban J connectivity index is 2.55. The van der Waals surface area contributed by atoms with Gasteiger partial charge in [-0.3, -0.25) is 0 Å². The number of hydrogen-bond donors (Lipinski definition) is 1. The highest BCUT2D eigenvalue weighted by Crippen LogP contribution is 2.32. The molecule has 0 amide bonds. The lowest BCUT2D eigenvalue weighted by Crippen LogP contribution is -2.19. The Labute approximate surface area is 125 Å². The highest BCUT2D eigenvalue weighted by Gasteiger charge is 2.18. The van der Waals surface area contributed by atoms with Crippen molar-refractivity contribution in [2.45, 2.75) is 13.0 Å². The van der Waals surface area contributed by atoms with E-state index in [2.05, 4.69) is 21.2 Å². The topological polar surface area (TPSA) is 12.0 Å². The molecule has 0 saturated carbocycles. The summed E-state index contributed by atoms with van der Waals surface area (Å²) in [6.07, 6.45) is 0. The molecule has 0 bridgehead atoms. The highest BCUT2D eigenvalue weighted by atomic mass is 79.9. The number of rotatable bonds is 3. The lowest BCUT2D eigenvalue weighted by atomic mass is 9.95. The molecule has 0 aliphatic heterocycles. The average molecular weight is 343 g/mol. The van der Waals surface area contributed by atoms with E-state index in [0.717, 1.165) is 21.2 Å². The third-order valence-corrected chi connectivity index (χ3v) is 3.95. The fourth-order valence-corrected chi connectivity index (χ4v) is 2.74. The van der Waals surface area contributed by atoms with Crippen LogP contribution < -0.4 is 5.32 Å². The minimum atomic E-state index is -0.244. The van der Waals surface area contributed by atoms with Gasteiger partial charge in [0.2, 0.25) is 0 Å². The number of nitrogens with one attached hydrogen (secondary N) is 1. The molecule has 0 saturated heterocycles. The van der Waals surface area contributed by atoms with Crippen molar-refractivity contribution in [1.82, 2.24) is 5.32 Å². The van der Waals surface area contributed by atoms with Crippen molar-refractivity contribution in [3.05, 3.63) is 68.4 Å². The number of aryl methyl sites for hydroxylation is 1. The Morgan fingerprint density at radius 1 is 1.16 bits per heavy atom. The van der Waals surface area contributed by atoms with E-state index in [1.807, 2.05) is 32.2 Å². The predicted octanol–water partition coefficient (Wildman–Crippen LogP) is 4.86. The van der Waals surface area contributed by atoms with E-state index in [1.54, 1.807) is 12.1 Å². The normalized spacial score (nSPS) is 12.5. The van der Waals surface area contributed by atoms with Gasteiger partial charge in [-0.15, -0.1) is 0 Å². The van der Waals surface area contributed by atoms with Crippen LogP contribution >= 0.6 is 27.5 Å². The Hall–Kier alpha value is -0.900. The van der Waals surface area contributed by atoms with Crippen LogP contribution in [0.1, 0.15) is 22.7 Å². The predicted molar refractivity (Wildman–Crippen MR) is 81.2 cm³/mol. The third kappa shape index (κ3) is 3.16. The molecular formula is C15H14BrClFN. The molecule has 0 aliphatic rings. The van der Waals surface area contributed by atoms with E-state index < -0.39 is 0 Å². The van der Waals surface area contributed by atoms with Crippen molar-refractivity contribution in [1.29, 1.82) is 0 Å². The van der Waals surface area contributed by atoms with Crippen LogP contribution in [0.4, 0.5) is 4.39 Å². The van der Waals surface area contributed by atoms with Gasteiger partial charge in [0.25, 0.3) is 0 Å². The smallest absolute Gasteiger partial charge is 0.123 e. The molecule has 2 rings (SSSR count). The lowest BCUT2D eigenvalue weighted by Gasteiger charge is -2.21. The summed E-state index contributed by atoms with van der Waals surface area (Å²) in [5.41, 5.74) is 2.84. The maximum atomic E-state index is 13.5. The third-order valence-electron chi connectivity index (χ3n) is 3.11. The first-order valence-electron chi connectivity index (χ1n) is 5.91. The molecule has 4 heteroatoms. The lowest BCUT2D eigenvalue weighted by molar-refractivity contribution is 0.615. The summed E-state index contributed by atoms with van der Waals surface area (Å²) in [7, 11) is 1.84. The fourth-order valence-electron chi connectivity index (χ4n) is 2.14. The van der Waals surface area contributed by atoms with Crippen LogP contribution in [0.3, 0.4) is 0 Å². The summed E-state index contributed by atoms with van der Waals surface area (Å²) in [5, 5.41) is 3.86. The maximum absolute atomic E-state index is 13.5. The maximum Gasteiger partial charge on any atom is 0.123 e. The van der Waals surface area contributed by atoms with Crippen molar-refractivity contribution in [2.24, 2.45) is 0 Å². The van der Waals surface area contributed by atoms with Crippen LogP contribution in [0.5, 0.6) is 0 Å². The largest absolute Gasteiger partial charge is 0.309 e. The Bertz CT molecular complexity index is 549. The number of hydrogen-bond acceptors (Lipinski definition) is 1. The standard InChI is InChI=1S/C15H14BrClFN/c1-9-3-5-11(18)8-12(9)15(19-2)13-7-10(16)4-6-14(13)17/h3-8,15,19H,1-2H3. The zero-order chi connectivity index (χ0) is 14.0. The van der Waals surface area contributed by atoms with E-state index in [1.165, 1.54) is 6.07 Å². The van der Waals surface area contributed by atoms with Crippen molar-refractivity contribution >= 4 is 27.5 Å². The zero-order valence-corrected chi connectivity index (χ0v) is 13.0. The molecule has 0 fully saturated rings. The van der Waals surface area contributed by atoms with Crippen molar-refractivity contribution in [3.8, 4) is 0 Å². The monoisotopic (exact) mass is 341 g/mol. The van der Waals surface area contributed by atoms with Gasteiger partial charge in [0, 0.05) is 9.50 Å². The Morgan fingerprint density at radius 2 is 1.89 bits per heavy atom. The van der Waals surface area contributed by atoms with E-state index in [-0.39, 0.29) is 11.9 Å². The van der Waals surface area contributed by atoms with Crippen LogP contribution in [0.25, 0.3) is 0 Å². The van der Waals surface area contributed by atoms with Gasteiger partial charge < -0.3 is 5.32 Å². The van der Waals surface area contributed by atoms with Crippen molar-refractivity contribution < 1.29 is 4.39 Å². The van der Waals surface area contributed by atoms with Crippen LogP contribution in [-0.4, -0.2) is 7.05 Å². The van der Waals surface area contributed by atoms with Gasteiger partial charge in [-0.05, 0) is 61.0 Å². The van der Waals surface area contributed by atoms with E-state index >= 15 is 0 Å². The second kappa shape index (κ2) is 6.04. The second-order valence-corrected chi connectivity index (χ2v) is 5.71. The van der Waals surface area contributed by atoms with Gasteiger partial charge in [0.15, 0.2) is 0 Å². The Kier molecular flexibility index (Phi) is 4.61. The molecule has 1 nitrogen and oxygen atoms in total. The molecule has 1 N–H and O–H groups in total. The van der Waals surface area contributed by atoms with Gasteiger partial charge in [0.05, 0.1) is 6.04 Å². The molecule has 100 valence electrons. The minimum Gasteiger partial charge on any atom is -0.309 e. The summed E-state index contributed by atoms with van der Waals surface area (Å²) in [4.78, 5) is 0. The SMILES string of the molecule is CNC(c1cc(F)ccc1C)c1cc(Br)ccc1Cl. The molecule has 1 atom stereocenters. The molecule has 0 aromatic heterocycles. The first-order valence-corrected chi connectivity index (χ1v) is 7.08. The van der Waals surface area contributed by atoms with Crippen molar-refractivity contribution in [2.75, 3.05) is 7.05 Å². The van der Waals surface area contributed by atoms with Crippen molar-refractivity contribution in [3.63, 3.8) is 0 Å². The summed E-state index contributed by atoms with van der Waals surface area (Å²) in [5.74, 6) is -0.244. The summed E-state index contributed by atoms with van der Waals surface area (Å²) in [6.45, 7) is 1.96. The molecule has 0 aliphatic carbocycles. The van der Waals surface area contributed by atoms with E-state index in [4.69, 9.17) is 11.6 Å². The average Bonchev–Trinajstić information content (AvgIpc) is 2.38. The summed E-state index contributed by atoms with van der Waals surface area (Å²) < 4.78 is 14.4. The molecule has 19 heavy (non-hydrogen) atoms. The van der Waals surface area contributed by atoms with Gasteiger partial charge in [-0.25, -0.2) is 4.39 Å². The Morgan fingerprint density at radius 3 is 2.58 bits per heavy atom. The zero-order valence-electron chi connectivity index (χ0n) is 10.7. The minimum absolute atomic E-state index is 0.138. The highest BCUT2D eigenvalue weighted by molar-refractivity contribution is 9.10.